The van der Waals surface area contributed by atoms with Gasteiger partial charge in [-0.2, -0.15) is 0 Å². The highest BCUT2D eigenvalue weighted by Crippen LogP contribution is 2.27. The van der Waals surface area contributed by atoms with Gasteiger partial charge >= 0.3 is 0 Å². The van der Waals surface area contributed by atoms with E-state index in [1.165, 1.54) is 0 Å². The molecule has 1 aromatic carbocycles. The minimum absolute atomic E-state index is 0.177. The number of hydrogen-bond donors (Lipinski definition) is 0. The molecule has 1 unspecified atom stereocenters. The SMILES string of the molecule is CCC(C)(C(=O)Cc1cc(Cl)ccc1Cl)N1CCOCC1. The number of benzene rings is 1. The standard InChI is InChI=1S/C16H21Cl2NO2/c1-3-16(2,19-6-8-21-9-7-19)15(20)11-12-10-13(17)4-5-14(12)18/h4-5,10H,3,6-9,11H2,1-2H3. The highest BCUT2D eigenvalue weighted by molar-refractivity contribution is 6.33. The number of carbonyl (C=O) groups is 1. The Morgan fingerprint density at radius 1 is 1.33 bits per heavy atom. The van der Waals surface area contributed by atoms with Crippen LogP contribution < -0.4 is 0 Å². The van der Waals surface area contributed by atoms with Crippen LogP contribution in [-0.2, 0) is 16.0 Å². The number of Topliss-reactive ketones (excluding diaryl/α,β-unsaturated/α-hetero) is 1. The average molecular weight is 330 g/mol. The maximum Gasteiger partial charge on any atom is 0.157 e. The minimum Gasteiger partial charge on any atom is -0.379 e. The van der Waals surface area contributed by atoms with Gasteiger partial charge in [0.05, 0.1) is 18.8 Å². The summed E-state index contributed by atoms with van der Waals surface area (Å²) in [5, 5.41) is 1.19. The van der Waals surface area contributed by atoms with E-state index in [-0.39, 0.29) is 5.78 Å². The highest BCUT2D eigenvalue weighted by Gasteiger charge is 2.38. The van der Waals surface area contributed by atoms with Gasteiger partial charge in [-0.1, -0.05) is 30.1 Å². The number of halogens is 2. The van der Waals surface area contributed by atoms with E-state index in [1.807, 2.05) is 13.8 Å². The Morgan fingerprint density at radius 3 is 2.62 bits per heavy atom. The summed E-state index contributed by atoms with van der Waals surface area (Å²) >= 11 is 12.2. The molecule has 0 bridgehead atoms. The molecule has 1 heterocycles. The third-order valence-electron chi connectivity index (χ3n) is 4.36. The van der Waals surface area contributed by atoms with Crippen molar-refractivity contribution in [1.82, 2.24) is 4.90 Å². The van der Waals surface area contributed by atoms with Crippen molar-refractivity contribution in [2.75, 3.05) is 26.3 Å². The van der Waals surface area contributed by atoms with Crippen LogP contribution in [0, 0.1) is 0 Å². The summed E-state index contributed by atoms with van der Waals surface area (Å²) in [5.74, 6) is 0.177. The molecule has 0 spiro atoms. The van der Waals surface area contributed by atoms with Gasteiger partial charge in [0.2, 0.25) is 0 Å². The Morgan fingerprint density at radius 2 is 2.00 bits per heavy atom. The number of ketones is 1. The monoisotopic (exact) mass is 329 g/mol. The number of rotatable bonds is 5. The molecule has 116 valence electrons. The summed E-state index contributed by atoms with van der Waals surface area (Å²) in [6, 6.07) is 5.25. The zero-order valence-electron chi connectivity index (χ0n) is 12.5. The van der Waals surface area contributed by atoms with E-state index in [0.29, 0.717) is 29.7 Å². The Hall–Kier alpha value is -0.610. The van der Waals surface area contributed by atoms with Gasteiger partial charge in [-0.15, -0.1) is 0 Å². The molecular weight excluding hydrogens is 309 g/mol. The fraction of sp³-hybridized carbons (Fsp3) is 0.562. The Bertz CT molecular complexity index is 515. The molecule has 0 amide bonds. The van der Waals surface area contributed by atoms with Crippen molar-refractivity contribution in [3.8, 4) is 0 Å². The van der Waals surface area contributed by atoms with Crippen molar-refractivity contribution >= 4 is 29.0 Å². The Balaban J connectivity index is 2.17. The van der Waals surface area contributed by atoms with Crippen LogP contribution in [0.2, 0.25) is 10.0 Å². The lowest BCUT2D eigenvalue weighted by molar-refractivity contribution is -0.133. The first-order valence-corrected chi connectivity index (χ1v) is 8.03. The second-order valence-corrected chi connectivity index (χ2v) is 6.41. The van der Waals surface area contributed by atoms with Crippen molar-refractivity contribution in [3.63, 3.8) is 0 Å². The molecule has 0 aromatic heterocycles. The molecule has 21 heavy (non-hydrogen) atoms. The van der Waals surface area contributed by atoms with E-state index in [9.17, 15) is 4.79 Å². The van der Waals surface area contributed by atoms with Crippen LogP contribution in [0.1, 0.15) is 25.8 Å². The average Bonchev–Trinajstić information content (AvgIpc) is 2.51. The Labute approximate surface area is 136 Å². The van der Waals surface area contributed by atoms with Crippen molar-refractivity contribution in [2.24, 2.45) is 0 Å². The van der Waals surface area contributed by atoms with Crippen molar-refractivity contribution in [3.05, 3.63) is 33.8 Å². The molecule has 1 atom stereocenters. The topological polar surface area (TPSA) is 29.5 Å². The van der Waals surface area contributed by atoms with Gasteiger partial charge in [0.25, 0.3) is 0 Å². The fourth-order valence-electron chi connectivity index (χ4n) is 2.70. The van der Waals surface area contributed by atoms with Gasteiger partial charge in [-0.25, -0.2) is 0 Å². The van der Waals surface area contributed by atoms with Gasteiger partial charge in [-0.3, -0.25) is 9.69 Å². The molecule has 2 rings (SSSR count). The number of carbonyl (C=O) groups excluding carboxylic acids is 1. The summed E-state index contributed by atoms with van der Waals surface area (Å²) in [6.45, 7) is 7.01. The third-order valence-corrected chi connectivity index (χ3v) is 4.96. The predicted octanol–water partition coefficient (Wildman–Crippen LogP) is 3.61. The summed E-state index contributed by atoms with van der Waals surface area (Å²) in [7, 11) is 0. The molecule has 1 saturated heterocycles. The summed E-state index contributed by atoms with van der Waals surface area (Å²) < 4.78 is 5.38. The first-order chi connectivity index (χ1) is 9.97. The number of ether oxygens (including phenoxy) is 1. The van der Waals surface area contributed by atoms with E-state index < -0.39 is 5.54 Å². The van der Waals surface area contributed by atoms with Crippen molar-refractivity contribution < 1.29 is 9.53 Å². The lowest BCUT2D eigenvalue weighted by Crippen LogP contribution is -2.56. The van der Waals surface area contributed by atoms with Crippen LogP contribution in [0.3, 0.4) is 0 Å². The van der Waals surface area contributed by atoms with Crippen LogP contribution in [-0.4, -0.2) is 42.5 Å². The molecule has 0 radical (unpaired) electrons. The van der Waals surface area contributed by atoms with E-state index in [0.717, 1.165) is 25.1 Å². The fourth-order valence-corrected chi connectivity index (χ4v) is 3.08. The Kier molecular flexibility index (Phi) is 5.67. The van der Waals surface area contributed by atoms with Gasteiger partial charge in [0, 0.05) is 29.6 Å². The van der Waals surface area contributed by atoms with E-state index in [2.05, 4.69) is 4.90 Å². The zero-order valence-corrected chi connectivity index (χ0v) is 14.0. The number of morpholine rings is 1. The molecule has 5 heteroatoms. The number of nitrogens with zero attached hydrogens (tertiary/aromatic N) is 1. The van der Waals surface area contributed by atoms with Gasteiger partial charge < -0.3 is 4.74 Å². The molecule has 1 aliphatic heterocycles. The zero-order chi connectivity index (χ0) is 15.5. The van der Waals surface area contributed by atoms with Gasteiger partial charge in [-0.05, 0) is 37.1 Å². The lowest BCUT2D eigenvalue weighted by atomic mass is 9.87. The van der Waals surface area contributed by atoms with Crippen LogP contribution in [0.15, 0.2) is 18.2 Å². The highest BCUT2D eigenvalue weighted by atomic mass is 35.5. The smallest absolute Gasteiger partial charge is 0.157 e. The predicted molar refractivity (Wildman–Crippen MR) is 86.3 cm³/mol. The quantitative estimate of drug-likeness (QED) is 0.826. The third kappa shape index (κ3) is 3.78. The van der Waals surface area contributed by atoms with E-state index in [4.69, 9.17) is 27.9 Å². The second kappa shape index (κ2) is 7.10. The summed E-state index contributed by atoms with van der Waals surface area (Å²) in [6.07, 6.45) is 1.07. The normalized spacial score (nSPS) is 19.2. The van der Waals surface area contributed by atoms with Crippen LogP contribution in [0.25, 0.3) is 0 Å². The first kappa shape index (κ1) is 16.8. The summed E-state index contributed by atoms with van der Waals surface area (Å²) in [4.78, 5) is 15.1. The largest absolute Gasteiger partial charge is 0.379 e. The van der Waals surface area contributed by atoms with Crippen LogP contribution >= 0.6 is 23.2 Å². The summed E-state index contributed by atoms with van der Waals surface area (Å²) in [5.41, 5.74) is 0.317. The molecule has 3 nitrogen and oxygen atoms in total. The number of hydrogen-bond acceptors (Lipinski definition) is 3. The molecule has 1 aliphatic rings. The minimum atomic E-state index is -0.477. The first-order valence-electron chi connectivity index (χ1n) is 7.27. The van der Waals surface area contributed by atoms with Crippen LogP contribution in [0.5, 0.6) is 0 Å². The molecule has 1 aromatic rings. The maximum atomic E-state index is 12.8. The molecule has 0 saturated carbocycles. The molecule has 1 fully saturated rings. The second-order valence-electron chi connectivity index (χ2n) is 5.56. The van der Waals surface area contributed by atoms with Crippen molar-refractivity contribution in [2.45, 2.75) is 32.2 Å². The molecule has 0 N–H and O–H groups in total. The molecule has 0 aliphatic carbocycles. The van der Waals surface area contributed by atoms with E-state index >= 15 is 0 Å². The maximum absolute atomic E-state index is 12.8. The van der Waals surface area contributed by atoms with E-state index in [1.54, 1.807) is 18.2 Å². The molecular formula is C16H21Cl2NO2. The van der Waals surface area contributed by atoms with Gasteiger partial charge in [0.1, 0.15) is 0 Å². The van der Waals surface area contributed by atoms with Crippen molar-refractivity contribution in [1.29, 1.82) is 0 Å². The lowest BCUT2D eigenvalue weighted by Gasteiger charge is -2.41. The van der Waals surface area contributed by atoms with Crippen LogP contribution in [0.4, 0.5) is 0 Å². The van der Waals surface area contributed by atoms with Gasteiger partial charge in [0.15, 0.2) is 5.78 Å².